The molecule has 0 aliphatic heterocycles. The number of fused-ring (bicyclic) bond motifs is 1. The largest absolute Gasteiger partial charge is 0.438 e. The van der Waals surface area contributed by atoms with Gasteiger partial charge < -0.3 is 15.4 Å². The molecule has 1 aliphatic carbocycles. The van der Waals surface area contributed by atoms with Gasteiger partial charge in [0.25, 0.3) is 5.91 Å². The van der Waals surface area contributed by atoms with E-state index in [2.05, 4.69) is 20.7 Å². The molecular formula is C25H20F3N5O3. The summed E-state index contributed by atoms with van der Waals surface area (Å²) in [6, 6.07) is 12.4. The Bertz CT molecular complexity index is 1480. The van der Waals surface area contributed by atoms with Crippen molar-refractivity contribution in [2.75, 3.05) is 10.6 Å². The van der Waals surface area contributed by atoms with Crippen molar-refractivity contribution in [1.82, 2.24) is 14.6 Å². The maximum atomic E-state index is 13.0. The van der Waals surface area contributed by atoms with Crippen LogP contribution in [-0.4, -0.2) is 26.4 Å². The van der Waals surface area contributed by atoms with Crippen LogP contribution in [0.4, 0.5) is 24.7 Å². The van der Waals surface area contributed by atoms with Crippen LogP contribution in [-0.2, 0) is 11.0 Å². The molecule has 0 bridgehead atoms. The van der Waals surface area contributed by atoms with Crippen molar-refractivity contribution in [1.29, 1.82) is 0 Å². The molecule has 2 N–H and O–H groups in total. The minimum atomic E-state index is -4.55. The zero-order valence-electron chi connectivity index (χ0n) is 19.0. The zero-order chi connectivity index (χ0) is 25.4. The van der Waals surface area contributed by atoms with E-state index in [4.69, 9.17) is 4.74 Å². The fourth-order valence-electron chi connectivity index (χ4n) is 3.50. The molecule has 0 unspecified atom stereocenters. The number of aromatic nitrogens is 3. The van der Waals surface area contributed by atoms with Gasteiger partial charge in [0.15, 0.2) is 11.5 Å². The number of carbonyl (C=O) groups is 2. The average molecular weight is 495 g/mol. The molecule has 1 fully saturated rings. The molecule has 0 atom stereocenters. The summed E-state index contributed by atoms with van der Waals surface area (Å²) in [5.41, 5.74) is 0.569. The molecule has 2 heterocycles. The van der Waals surface area contributed by atoms with E-state index >= 15 is 0 Å². The minimum absolute atomic E-state index is 0.0477. The molecule has 0 radical (unpaired) electrons. The molecule has 1 aliphatic rings. The van der Waals surface area contributed by atoms with E-state index in [-0.39, 0.29) is 23.3 Å². The van der Waals surface area contributed by atoms with Crippen LogP contribution >= 0.6 is 0 Å². The Balaban J connectivity index is 1.31. The van der Waals surface area contributed by atoms with E-state index in [0.29, 0.717) is 28.5 Å². The molecule has 2 aromatic heterocycles. The number of aryl methyl sites for hydroxylation is 1. The van der Waals surface area contributed by atoms with Gasteiger partial charge in [-0.3, -0.25) is 9.59 Å². The van der Waals surface area contributed by atoms with Crippen LogP contribution in [0.25, 0.3) is 5.65 Å². The SMILES string of the molecule is Cc1ccc(Oc2ccc3nc(NC(=O)C4CC4)cn3n2)cc1NC(=O)c1cccc(C(F)(F)F)c1. The molecule has 11 heteroatoms. The maximum absolute atomic E-state index is 13.0. The maximum Gasteiger partial charge on any atom is 0.416 e. The third kappa shape index (κ3) is 5.14. The Morgan fingerprint density at radius 2 is 1.86 bits per heavy atom. The molecule has 2 amide bonds. The van der Waals surface area contributed by atoms with Crippen molar-refractivity contribution in [2.24, 2.45) is 5.92 Å². The predicted molar refractivity (Wildman–Crippen MR) is 125 cm³/mol. The summed E-state index contributed by atoms with van der Waals surface area (Å²) < 4.78 is 46.3. The number of halogens is 3. The summed E-state index contributed by atoms with van der Waals surface area (Å²) in [5, 5.41) is 9.74. The highest BCUT2D eigenvalue weighted by atomic mass is 19.4. The number of carbonyl (C=O) groups excluding carboxylic acids is 2. The quantitative estimate of drug-likeness (QED) is 0.371. The lowest BCUT2D eigenvalue weighted by Gasteiger charge is -2.12. The molecule has 36 heavy (non-hydrogen) atoms. The van der Waals surface area contributed by atoms with Gasteiger partial charge in [-0.05, 0) is 55.7 Å². The predicted octanol–water partition coefficient (Wildman–Crippen LogP) is 5.45. The number of hydrogen-bond acceptors (Lipinski definition) is 5. The molecule has 0 saturated heterocycles. The normalized spacial score (nSPS) is 13.4. The number of amides is 2. The van der Waals surface area contributed by atoms with Crippen molar-refractivity contribution in [2.45, 2.75) is 25.9 Å². The summed E-state index contributed by atoms with van der Waals surface area (Å²) in [7, 11) is 0. The van der Waals surface area contributed by atoms with Crippen molar-refractivity contribution in [3.8, 4) is 11.6 Å². The number of benzene rings is 2. The number of ether oxygens (including phenoxy) is 1. The van der Waals surface area contributed by atoms with Gasteiger partial charge in [-0.2, -0.15) is 13.2 Å². The summed E-state index contributed by atoms with van der Waals surface area (Å²) in [4.78, 5) is 28.9. The molecule has 1 saturated carbocycles. The molecule has 2 aromatic carbocycles. The van der Waals surface area contributed by atoms with Gasteiger partial charge in [-0.15, -0.1) is 5.10 Å². The highest BCUT2D eigenvalue weighted by Gasteiger charge is 2.31. The third-order valence-corrected chi connectivity index (χ3v) is 5.63. The van der Waals surface area contributed by atoms with Crippen LogP contribution < -0.4 is 15.4 Å². The van der Waals surface area contributed by atoms with Crippen molar-refractivity contribution in [3.05, 3.63) is 77.5 Å². The summed E-state index contributed by atoms with van der Waals surface area (Å²) in [6.07, 6.45) is -1.20. The Morgan fingerprint density at radius 1 is 1.06 bits per heavy atom. The lowest BCUT2D eigenvalue weighted by molar-refractivity contribution is -0.137. The molecule has 0 spiro atoms. The van der Waals surface area contributed by atoms with Crippen molar-refractivity contribution in [3.63, 3.8) is 0 Å². The number of imidazole rings is 1. The van der Waals surface area contributed by atoms with Gasteiger partial charge in [-0.1, -0.05) is 12.1 Å². The van der Waals surface area contributed by atoms with Crippen LogP contribution in [0.3, 0.4) is 0 Å². The zero-order valence-corrected chi connectivity index (χ0v) is 19.0. The van der Waals surface area contributed by atoms with E-state index in [1.807, 2.05) is 0 Å². The van der Waals surface area contributed by atoms with E-state index < -0.39 is 17.6 Å². The second-order valence-corrected chi connectivity index (χ2v) is 8.48. The fraction of sp³-hybridized carbons (Fsp3) is 0.200. The van der Waals surface area contributed by atoms with E-state index in [1.165, 1.54) is 16.6 Å². The first kappa shape index (κ1) is 23.3. The topological polar surface area (TPSA) is 97.6 Å². The number of nitrogens with zero attached hydrogens (tertiary/aromatic N) is 3. The van der Waals surface area contributed by atoms with Crippen LogP contribution in [0.1, 0.15) is 34.3 Å². The standard InChI is InChI=1S/C25H20F3N5O3/c1-14-5-8-18(12-19(14)29-24(35)16-3-2-4-17(11-16)25(26,27)28)36-22-10-9-21-30-20(13-33(21)32-22)31-23(34)15-6-7-15/h2-5,8-13,15H,6-7H2,1H3,(H,29,35)(H,31,34). The number of anilines is 2. The first-order valence-corrected chi connectivity index (χ1v) is 11.1. The van der Waals surface area contributed by atoms with Gasteiger partial charge in [0.2, 0.25) is 11.8 Å². The average Bonchev–Trinajstić information content (AvgIpc) is 3.61. The van der Waals surface area contributed by atoms with Gasteiger partial charge in [-0.25, -0.2) is 9.50 Å². The summed E-state index contributed by atoms with van der Waals surface area (Å²) in [5.74, 6) is 0.292. The van der Waals surface area contributed by atoms with E-state index in [0.717, 1.165) is 25.0 Å². The van der Waals surface area contributed by atoms with Gasteiger partial charge >= 0.3 is 6.18 Å². The highest BCUT2D eigenvalue weighted by Crippen LogP contribution is 2.31. The molecule has 8 nitrogen and oxygen atoms in total. The van der Waals surface area contributed by atoms with Crippen LogP contribution in [0, 0.1) is 12.8 Å². The second kappa shape index (κ2) is 8.99. The highest BCUT2D eigenvalue weighted by molar-refractivity contribution is 6.04. The first-order chi connectivity index (χ1) is 17.2. The van der Waals surface area contributed by atoms with Gasteiger partial charge in [0, 0.05) is 29.3 Å². The van der Waals surface area contributed by atoms with Gasteiger partial charge in [0.05, 0.1) is 11.8 Å². The summed E-state index contributed by atoms with van der Waals surface area (Å²) in [6.45, 7) is 1.75. The lowest BCUT2D eigenvalue weighted by atomic mass is 10.1. The Hall–Kier alpha value is -4.41. The van der Waals surface area contributed by atoms with Crippen LogP contribution in [0.5, 0.6) is 11.6 Å². The van der Waals surface area contributed by atoms with Crippen LogP contribution in [0.2, 0.25) is 0 Å². The number of alkyl halides is 3. The third-order valence-electron chi connectivity index (χ3n) is 5.63. The monoisotopic (exact) mass is 495 g/mol. The molecule has 4 aromatic rings. The van der Waals surface area contributed by atoms with Gasteiger partial charge in [0.1, 0.15) is 5.75 Å². The Labute approximate surface area is 203 Å². The van der Waals surface area contributed by atoms with Crippen LogP contribution in [0.15, 0.2) is 60.8 Å². The number of rotatable bonds is 6. The first-order valence-electron chi connectivity index (χ1n) is 11.1. The second-order valence-electron chi connectivity index (χ2n) is 8.48. The van der Waals surface area contributed by atoms with Crippen molar-refractivity contribution < 1.29 is 27.5 Å². The molecule has 184 valence electrons. The fourth-order valence-corrected chi connectivity index (χ4v) is 3.50. The van der Waals surface area contributed by atoms with E-state index in [9.17, 15) is 22.8 Å². The molecular weight excluding hydrogens is 475 g/mol. The lowest BCUT2D eigenvalue weighted by Crippen LogP contribution is -2.14. The molecule has 5 rings (SSSR count). The van der Waals surface area contributed by atoms with Crippen molar-refractivity contribution >= 4 is 29.0 Å². The summed E-state index contributed by atoms with van der Waals surface area (Å²) >= 11 is 0. The minimum Gasteiger partial charge on any atom is -0.438 e. The van der Waals surface area contributed by atoms with E-state index in [1.54, 1.807) is 43.5 Å². The Morgan fingerprint density at radius 3 is 2.61 bits per heavy atom. The Kier molecular flexibility index (Phi) is 5.83. The smallest absolute Gasteiger partial charge is 0.416 e. The number of hydrogen-bond donors (Lipinski definition) is 2. The number of nitrogens with one attached hydrogen (secondary N) is 2.